The number of fused-ring (bicyclic) bond motifs is 1. The fraction of sp³-hybridized carbons (Fsp3) is 0.222. The van der Waals surface area contributed by atoms with Crippen LogP contribution in [0.15, 0.2) is 88.8 Å². The van der Waals surface area contributed by atoms with Crippen LogP contribution < -0.4 is 0 Å². The second-order valence-corrected chi connectivity index (χ2v) is 8.52. The van der Waals surface area contributed by atoms with E-state index >= 15 is 0 Å². The summed E-state index contributed by atoms with van der Waals surface area (Å²) in [6, 6.07) is 22.9. The summed E-state index contributed by atoms with van der Waals surface area (Å²) >= 11 is 0. The topological polar surface area (TPSA) is 85.5 Å². The molecule has 2 heterocycles. The zero-order chi connectivity index (χ0) is 22.9. The van der Waals surface area contributed by atoms with Gasteiger partial charge in [-0.3, -0.25) is 19.7 Å². The second-order valence-electron chi connectivity index (χ2n) is 8.52. The van der Waals surface area contributed by atoms with E-state index in [4.69, 9.17) is 9.98 Å². The minimum atomic E-state index is -0.514. The predicted octanol–water partition coefficient (Wildman–Crippen LogP) is 3.75. The van der Waals surface area contributed by atoms with Crippen molar-refractivity contribution in [1.29, 1.82) is 0 Å². The lowest BCUT2D eigenvalue weighted by Crippen LogP contribution is -2.53. The third-order valence-electron chi connectivity index (χ3n) is 6.23. The highest BCUT2D eigenvalue weighted by atomic mass is 16.3. The van der Waals surface area contributed by atoms with Crippen LogP contribution in [0.2, 0.25) is 0 Å². The monoisotopic (exact) mass is 439 g/mol. The minimum Gasteiger partial charge on any atom is -0.508 e. The molecule has 3 atom stereocenters. The normalized spacial score (nSPS) is 22.0. The van der Waals surface area contributed by atoms with E-state index in [1.165, 1.54) is 0 Å². The number of phenolic OH excluding ortho intramolecular Hbond substituents is 2. The van der Waals surface area contributed by atoms with E-state index in [2.05, 4.69) is 12.1 Å². The van der Waals surface area contributed by atoms with Gasteiger partial charge in [0.2, 0.25) is 0 Å². The van der Waals surface area contributed by atoms with E-state index in [-0.39, 0.29) is 29.5 Å². The van der Waals surface area contributed by atoms with Gasteiger partial charge in [0.05, 0.1) is 11.8 Å². The predicted molar refractivity (Wildman–Crippen MR) is 128 cm³/mol. The summed E-state index contributed by atoms with van der Waals surface area (Å²) in [6.45, 7) is 1.97. The van der Waals surface area contributed by atoms with Gasteiger partial charge in [-0.05, 0) is 60.0 Å². The molecule has 3 aromatic carbocycles. The van der Waals surface area contributed by atoms with Crippen LogP contribution >= 0.6 is 0 Å². The van der Waals surface area contributed by atoms with E-state index < -0.39 is 6.04 Å². The molecule has 33 heavy (non-hydrogen) atoms. The molecule has 5 rings (SSSR count). The summed E-state index contributed by atoms with van der Waals surface area (Å²) < 4.78 is 0. The molecule has 3 unspecified atom stereocenters. The molecule has 3 aromatic rings. The van der Waals surface area contributed by atoms with Crippen LogP contribution in [0.1, 0.15) is 23.6 Å². The number of rotatable bonds is 5. The molecule has 0 aromatic heterocycles. The van der Waals surface area contributed by atoms with E-state index in [9.17, 15) is 15.0 Å². The minimum absolute atomic E-state index is 0.0326. The van der Waals surface area contributed by atoms with Gasteiger partial charge in [0.25, 0.3) is 5.91 Å². The Kier molecular flexibility index (Phi) is 5.42. The van der Waals surface area contributed by atoms with Gasteiger partial charge in [-0.25, -0.2) is 0 Å². The van der Waals surface area contributed by atoms with E-state index in [0.29, 0.717) is 18.7 Å². The maximum absolute atomic E-state index is 13.5. The van der Waals surface area contributed by atoms with Crippen molar-refractivity contribution in [3.8, 4) is 11.5 Å². The average molecular weight is 440 g/mol. The maximum atomic E-state index is 13.5. The number of hydrogen-bond donors (Lipinski definition) is 2. The van der Waals surface area contributed by atoms with E-state index in [1.54, 1.807) is 29.2 Å². The van der Waals surface area contributed by atoms with Gasteiger partial charge in [-0.15, -0.1) is 0 Å². The third-order valence-corrected chi connectivity index (χ3v) is 6.23. The first-order chi connectivity index (χ1) is 16.0. The Morgan fingerprint density at radius 1 is 0.758 bits per heavy atom. The highest BCUT2D eigenvalue weighted by Crippen LogP contribution is 2.29. The molecule has 0 radical (unpaired) electrons. The number of amidine groups is 1. The largest absolute Gasteiger partial charge is 0.508 e. The van der Waals surface area contributed by atoms with Gasteiger partial charge in [-0.2, -0.15) is 0 Å². The van der Waals surface area contributed by atoms with Crippen molar-refractivity contribution in [2.24, 2.45) is 9.98 Å². The van der Waals surface area contributed by atoms with Crippen LogP contribution in [0.5, 0.6) is 11.5 Å². The van der Waals surface area contributed by atoms with Crippen molar-refractivity contribution >= 4 is 17.5 Å². The van der Waals surface area contributed by atoms with Gasteiger partial charge in [0, 0.05) is 12.8 Å². The number of benzene rings is 3. The highest BCUT2D eigenvalue weighted by molar-refractivity contribution is 6.18. The van der Waals surface area contributed by atoms with Gasteiger partial charge in [0.15, 0.2) is 0 Å². The number of carbonyl (C=O) groups excluding carboxylic acids is 1. The Bertz CT molecular complexity index is 1220. The zero-order valence-corrected chi connectivity index (χ0v) is 18.3. The summed E-state index contributed by atoms with van der Waals surface area (Å²) in [5.74, 6) is 1.07. The van der Waals surface area contributed by atoms with Crippen molar-refractivity contribution in [2.75, 3.05) is 0 Å². The van der Waals surface area contributed by atoms with Crippen LogP contribution in [0.4, 0.5) is 0 Å². The molecule has 166 valence electrons. The zero-order valence-electron chi connectivity index (χ0n) is 18.3. The first-order valence-electron chi connectivity index (χ1n) is 11.1. The average Bonchev–Trinajstić information content (AvgIpc) is 3.15. The molecule has 2 N–H and O–H groups in total. The molecule has 2 aliphatic rings. The molecule has 0 saturated carbocycles. The summed E-state index contributed by atoms with van der Waals surface area (Å²) in [6.07, 6.45) is 1.11. The fourth-order valence-corrected chi connectivity index (χ4v) is 4.55. The SMILES string of the molecule is CC1C(c2ccc(O)cc2)=NC(Cc2ccccc2)C2=NC(Cc3ccc(O)cc3)C(=O)N21. The summed E-state index contributed by atoms with van der Waals surface area (Å²) in [7, 11) is 0. The molecule has 0 fully saturated rings. The van der Waals surface area contributed by atoms with Crippen molar-refractivity contribution in [3.63, 3.8) is 0 Å². The van der Waals surface area contributed by atoms with Crippen molar-refractivity contribution in [1.82, 2.24) is 4.90 Å². The van der Waals surface area contributed by atoms with Gasteiger partial charge in [-0.1, -0.05) is 42.5 Å². The number of aliphatic imine (C=N–C) groups is 2. The number of phenols is 2. The number of hydrogen-bond acceptors (Lipinski definition) is 5. The Morgan fingerprint density at radius 2 is 1.33 bits per heavy atom. The molecule has 0 spiro atoms. The van der Waals surface area contributed by atoms with Crippen LogP contribution in [0, 0.1) is 0 Å². The molecule has 6 heteroatoms. The molecular weight excluding hydrogens is 414 g/mol. The summed E-state index contributed by atoms with van der Waals surface area (Å²) in [5, 5.41) is 19.3. The van der Waals surface area contributed by atoms with Gasteiger partial charge in [0.1, 0.15) is 29.4 Å². The number of carbonyl (C=O) groups is 1. The van der Waals surface area contributed by atoms with Crippen molar-refractivity contribution < 1.29 is 15.0 Å². The number of aromatic hydroxyl groups is 2. The van der Waals surface area contributed by atoms with Gasteiger partial charge >= 0.3 is 0 Å². The molecule has 0 aliphatic carbocycles. The van der Waals surface area contributed by atoms with Gasteiger partial charge < -0.3 is 10.2 Å². The van der Waals surface area contributed by atoms with Crippen LogP contribution in [-0.4, -0.2) is 50.7 Å². The Morgan fingerprint density at radius 3 is 2.00 bits per heavy atom. The molecule has 1 amide bonds. The quantitative estimate of drug-likeness (QED) is 0.635. The first kappa shape index (κ1) is 20.9. The Labute approximate surface area is 192 Å². The van der Waals surface area contributed by atoms with Crippen molar-refractivity contribution in [2.45, 2.75) is 37.9 Å². The van der Waals surface area contributed by atoms with Crippen LogP contribution in [-0.2, 0) is 17.6 Å². The lowest BCUT2D eigenvalue weighted by atomic mass is 9.96. The molecule has 2 aliphatic heterocycles. The Hall–Kier alpha value is -3.93. The molecule has 0 bridgehead atoms. The Balaban J connectivity index is 1.51. The lowest BCUT2D eigenvalue weighted by molar-refractivity contribution is -0.128. The second kappa shape index (κ2) is 8.54. The van der Waals surface area contributed by atoms with Crippen molar-refractivity contribution in [3.05, 3.63) is 95.6 Å². The molecule has 6 nitrogen and oxygen atoms in total. The first-order valence-corrected chi connectivity index (χ1v) is 11.1. The lowest BCUT2D eigenvalue weighted by Gasteiger charge is -2.35. The fourth-order valence-electron chi connectivity index (χ4n) is 4.55. The third kappa shape index (κ3) is 4.12. The number of amides is 1. The standard InChI is InChI=1S/C27H25N3O3/c1-17-25(20-9-13-22(32)14-10-20)28-23(15-18-5-3-2-4-6-18)26-29-24(27(33)30(17)26)16-19-7-11-21(31)12-8-19/h2-14,17,23-24,31-32H,15-16H2,1H3. The van der Waals surface area contributed by atoms with Crippen LogP contribution in [0.3, 0.4) is 0 Å². The summed E-state index contributed by atoms with van der Waals surface area (Å²) in [5.41, 5.74) is 3.77. The highest BCUT2D eigenvalue weighted by Gasteiger charge is 2.44. The molecule has 0 saturated heterocycles. The van der Waals surface area contributed by atoms with E-state index in [0.717, 1.165) is 22.4 Å². The number of nitrogens with zero attached hydrogens (tertiary/aromatic N) is 3. The van der Waals surface area contributed by atoms with E-state index in [1.807, 2.05) is 49.4 Å². The summed E-state index contributed by atoms with van der Waals surface area (Å²) in [4.78, 5) is 25.2. The smallest absolute Gasteiger partial charge is 0.253 e. The maximum Gasteiger partial charge on any atom is 0.253 e. The molecular formula is C27H25N3O3. The van der Waals surface area contributed by atoms with Crippen LogP contribution in [0.25, 0.3) is 0 Å².